The lowest BCUT2D eigenvalue weighted by atomic mass is 10.2. The quantitative estimate of drug-likeness (QED) is 0.853. The summed E-state index contributed by atoms with van der Waals surface area (Å²) in [5.74, 6) is -0.363. The van der Waals surface area contributed by atoms with E-state index >= 15 is 0 Å². The normalized spacial score (nSPS) is 12.3. The van der Waals surface area contributed by atoms with Gasteiger partial charge in [0.15, 0.2) is 5.15 Å². The molecule has 0 amide bonds. The van der Waals surface area contributed by atoms with Crippen molar-refractivity contribution in [2.75, 3.05) is 5.32 Å². The number of nitrogens with one attached hydrogen (secondary N) is 1. The molecule has 100 valence electrons. The van der Waals surface area contributed by atoms with Crippen molar-refractivity contribution in [1.82, 2.24) is 9.97 Å². The smallest absolute Gasteiger partial charge is 0.154 e. The van der Waals surface area contributed by atoms with Gasteiger partial charge < -0.3 is 5.32 Å². The van der Waals surface area contributed by atoms with Crippen molar-refractivity contribution in [2.45, 2.75) is 19.9 Å². The zero-order valence-electron chi connectivity index (χ0n) is 10.4. The summed E-state index contributed by atoms with van der Waals surface area (Å²) in [4.78, 5) is 8.01. The second-order valence-corrected chi connectivity index (χ2v) is 4.94. The number of hydrogen-bond acceptors (Lipinski definition) is 3. The Bertz CT molecular complexity index is 564. The fourth-order valence-corrected chi connectivity index (χ4v) is 2.29. The van der Waals surface area contributed by atoms with Crippen molar-refractivity contribution in [3.8, 4) is 0 Å². The van der Waals surface area contributed by atoms with Crippen LogP contribution in [0.1, 0.15) is 24.2 Å². The lowest BCUT2D eigenvalue weighted by Gasteiger charge is -2.17. The molecule has 2 rings (SSSR count). The maximum atomic E-state index is 12.8. The largest absolute Gasteiger partial charge is 0.374 e. The molecule has 19 heavy (non-hydrogen) atoms. The summed E-state index contributed by atoms with van der Waals surface area (Å²) in [7, 11) is 0. The van der Waals surface area contributed by atoms with Crippen molar-refractivity contribution in [2.24, 2.45) is 0 Å². The summed E-state index contributed by atoms with van der Waals surface area (Å²) in [5, 5.41) is 3.86. The van der Waals surface area contributed by atoms with Crippen LogP contribution in [0.4, 0.5) is 10.1 Å². The first-order valence-electron chi connectivity index (χ1n) is 5.68. The van der Waals surface area contributed by atoms with Crippen LogP contribution in [0.15, 0.2) is 24.4 Å². The van der Waals surface area contributed by atoms with Gasteiger partial charge in [0.25, 0.3) is 0 Å². The molecule has 3 nitrogen and oxygen atoms in total. The van der Waals surface area contributed by atoms with Crippen molar-refractivity contribution in [3.63, 3.8) is 0 Å². The van der Waals surface area contributed by atoms with Crippen LogP contribution in [0.3, 0.4) is 0 Å². The third kappa shape index (κ3) is 3.33. The zero-order valence-corrected chi connectivity index (χ0v) is 11.9. The number of rotatable bonds is 3. The van der Waals surface area contributed by atoms with Crippen LogP contribution in [0.25, 0.3) is 0 Å². The van der Waals surface area contributed by atoms with E-state index in [1.807, 2.05) is 13.8 Å². The van der Waals surface area contributed by atoms with Crippen LogP contribution in [0, 0.1) is 12.7 Å². The summed E-state index contributed by atoms with van der Waals surface area (Å²) < 4.78 is 12.8. The van der Waals surface area contributed by atoms with Gasteiger partial charge in [0.2, 0.25) is 0 Å². The SMILES string of the molecule is Cc1cc(Cl)nc(Cl)c1NC(C)c1ccc(F)cn1. The second kappa shape index (κ2) is 5.72. The molecular formula is C13H12Cl2FN3. The second-order valence-electron chi connectivity index (χ2n) is 4.19. The van der Waals surface area contributed by atoms with Gasteiger partial charge in [0.05, 0.1) is 23.6 Å². The van der Waals surface area contributed by atoms with Crippen molar-refractivity contribution >= 4 is 28.9 Å². The first-order valence-corrected chi connectivity index (χ1v) is 6.43. The molecule has 6 heteroatoms. The number of pyridine rings is 2. The maximum absolute atomic E-state index is 12.8. The Balaban J connectivity index is 2.24. The monoisotopic (exact) mass is 299 g/mol. The Labute approximate surface area is 120 Å². The van der Waals surface area contributed by atoms with E-state index in [9.17, 15) is 4.39 Å². The van der Waals surface area contributed by atoms with Gasteiger partial charge in [-0.05, 0) is 37.6 Å². The molecule has 0 aliphatic rings. The Morgan fingerprint density at radius 2 is 2.05 bits per heavy atom. The molecule has 0 saturated carbocycles. The van der Waals surface area contributed by atoms with Gasteiger partial charge in [0, 0.05) is 0 Å². The molecule has 0 saturated heterocycles. The van der Waals surface area contributed by atoms with E-state index in [1.165, 1.54) is 12.3 Å². The number of hydrogen-bond donors (Lipinski definition) is 1. The maximum Gasteiger partial charge on any atom is 0.154 e. The minimum absolute atomic E-state index is 0.125. The third-order valence-corrected chi connectivity index (χ3v) is 3.16. The predicted octanol–water partition coefficient (Wildman–Crippen LogP) is 4.40. The van der Waals surface area contributed by atoms with E-state index in [4.69, 9.17) is 23.2 Å². The molecule has 0 spiro atoms. The topological polar surface area (TPSA) is 37.8 Å². The van der Waals surface area contributed by atoms with Crippen molar-refractivity contribution in [3.05, 3.63) is 51.8 Å². The highest BCUT2D eigenvalue weighted by Crippen LogP contribution is 2.29. The molecule has 0 bridgehead atoms. The standard InChI is InChI=1S/C13H12Cl2FN3/c1-7-5-11(14)19-13(15)12(7)18-8(2)10-4-3-9(16)6-17-10/h3-6,8,18H,1-2H3. The van der Waals surface area contributed by atoms with E-state index in [1.54, 1.807) is 12.1 Å². The molecule has 0 aromatic carbocycles. The molecule has 2 aromatic rings. The van der Waals surface area contributed by atoms with Crippen LogP contribution in [0.5, 0.6) is 0 Å². The van der Waals surface area contributed by atoms with E-state index in [-0.39, 0.29) is 11.9 Å². The third-order valence-electron chi connectivity index (χ3n) is 2.70. The van der Waals surface area contributed by atoms with Crippen molar-refractivity contribution < 1.29 is 4.39 Å². The number of anilines is 1. The van der Waals surface area contributed by atoms with Crippen LogP contribution in [-0.2, 0) is 0 Å². The van der Waals surface area contributed by atoms with Gasteiger partial charge >= 0.3 is 0 Å². The molecule has 2 heterocycles. The molecule has 1 atom stereocenters. The molecular weight excluding hydrogens is 288 g/mol. The van der Waals surface area contributed by atoms with E-state index < -0.39 is 0 Å². The first-order chi connectivity index (χ1) is 8.97. The van der Waals surface area contributed by atoms with Crippen LogP contribution in [-0.4, -0.2) is 9.97 Å². The Hall–Kier alpha value is -1.39. The zero-order chi connectivity index (χ0) is 14.0. The van der Waals surface area contributed by atoms with Gasteiger partial charge in [-0.25, -0.2) is 9.37 Å². The lowest BCUT2D eigenvalue weighted by Crippen LogP contribution is -2.10. The molecule has 1 N–H and O–H groups in total. The molecule has 1 unspecified atom stereocenters. The molecule has 0 aliphatic heterocycles. The highest BCUT2D eigenvalue weighted by Gasteiger charge is 2.12. The van der Waals surface area contributed by atoms with E-state index in [2.05, 4.69) is 15.3 Å². The number of nitrogens with zero attached hydrogens (tertiary/aromatic N) is 2. The fourth-order valence-electron chi connectivity index (χ4n) is 1.70. The van der Waals surface area contributed by atoms with Crippen LogP contribution < -0.4 is 5.32 Å². The molecule has 0 radical (unpaired) electrons. The number of aromatic nitrogens is 2. The fraction of sp³-hybridized carbons (Fsp3) is 0.231. The van der Waals surface area contributed by atoms with E-state index in [0.29, 0.717) is 21.7 Å². The Morgan fingerprint density at radius 1 is 1.32 bits per heavy atom. The Kier molecular flexibility index (Phi) is 4.22. The minimum Gasteiger partial charge on any atom is -0.374 e. The number of halogens is 3. The van der Waals surface area contributed by atoms with Crippen molar-refractivity contribution in [1.29, 1.82) is 0 Å². The molecule has 2 aromatic heterocycles. The highest BCUT2D eigenvalue weighted by molar-refractivity contribution is 6.34. The van der Waals surface area contributed by atoms with Crippen LogP contribution in [0.2, 0.25) is 10.3 Å². The van der Waals surface area contributed by atoms with Gasteiger partial charge in [-0.15, -0.1) is 0 Å². The molecule has 0 fully saturated rings. The minimum atomic E-state index is -0.363. The average Bonchev–Trinajstić information content (AvgIpc) is 2.34. The van der Waals surface area contributed by atoms with Gasteiger partial charge in [-0.1, -0.05) is 23.2 Å². The Morgan fingerprint density at radius 3 is 2.63 bits per heavy atom. The summed E-state index contributed by atoms with van der Waals surface area (Å²) in [6.07, 6.45) is 1.18. The van der Waals surface area contributed by atoms with Gasteiger partial charge in [-0.2, -0.15) is 0 Å². The van der Waals surface area contributed by atoms with E-state index in [0.717, 1.165) is 5.56 Å². The average molecular weight is 300 g/mol. The first kappa shape index (κ1) is 14.0. The number of aryl methyl sites for hydroxylation is 1. The summed E-state index contributed by atoms with van der Waals surface area (Å²) in [6.45, 7) is 3.79. The summed E-state index contributed by atoms with van der Waals surface area (Å²) >= 11 is 11.9. The van der Waals surface area contributed by atoms with Crippen LogP contribution >= 0.6 is 23.2 Å². The van der Waals surface area contributed by atoms with Gasteiger partial charge in [0.1, 0.15) is 11.0 Å². The molecule has 0 aliphatic carbocycles. The summed E-state index contributed by atoms with van der Waals surface area (Å²) in [6, 6.07) is 4.59. The lowest BCUT2D eigenvalue weighted by molar-refractivity contribution is 0.617. The van der Waals surface area contributed by atoms with Gasteiger partial charge in [-0.3, -0.25) is 4.98 Å². The highest BCUT2D eigenvalue weighted by atomic mass is 35.5. The summed E-state index contributed by atoms with van der Waals surface area (Å²) in [5.41, 5.74) is 2.30. The predicted molar refractivity (Wildman–Crippen MR) is 75.2 cm³/mol.